The first-order valence-corrected chi connectivity index (χ1v) is 20.7. The number of aromatic nitrogens is 3. The molecule has 0 radical (unpaired) electrons. The maximum Gasteiger partial charge on any atom is 0.238 e. The van der Waals surface area contributed by atoms with Crippen molar-refractivity contribution in [3.05, 3.63) is 226 Å². The number of rotatable bonds is 9. The van der Waals surface area contributed by atoms with Crippen LogP contribution in [0, 0.1) is 41.5 Å². The van der Waals surface area contributed by atoms with Crippen molar-refractivity contribution in [2.75, 3.05) is 4.90 Å². The van der Waals surface area contributed by atoms with E-state index in [1.165, 1.54) is 50.1 Å². The summed E-state index contributed by atoms with van der Waals surface area (Å²) in [6, 6.07) is 62.5. The average molecular weight is 777 g/mol. The summed E-state index contributed by atoms with van der Waals surface area (Å²) < 4.78 is 0. The standard InChI is InChI=1S/C56H48N4/c1-36-30-38(3)51(39(4)31-36)53(52-40(5)32-37(2)33-41(52)6)43-26-28-48(29-27-43)60(50-35-47-25-17-16-24-46(47)34-49(50)42-18-10-7-11-19-42)56-58-54(44-20-12-8-13-21-44)57-55(59-56)45-22-14-9-15-23-45/h7-35,53H,1-6H3. The van der Waals surface area contributed by atoms with Crippen molar-refractivity contribution in [2.45, 2.75) is 47.5 Å². The zero-order chi connectivity index (χ0) is 41.3. The second-order valence-corrected chi connectivity index (χ2v) is 16.1. The molecule has 0 aliphatic heterocycles. The quantitative estimate of drug-likeness (QED) is 0.137. The molecule has 9 aromatic rings. The van der Waals surface area contributed by atoms with Crippen LogP contribution in [0.2, 0.25) is 0 Å². The minimum Gasteiger partial charge on any atom is -0.278 e. The van der Waals surface area contributed by atoms with Crippen LogP contribution in [-0.4, -0.2) is 15.0 Å². The Balaban J connectivity index is 1.31. The molecule has 0 aliphatic carbocycles. The molecule has 0 saturated carbocycles. The highest BCUT2D eigenvalue weighted by atomic mass is 15.3. The minimum atomic E-state index is 0.0424. The molecule has 0 bridgehead atoms. The van der Waals surface area contributed by atoms with Crippen LogP contribution >= 0.6 is 0 Å². The van der Waals surface area contributed by atoms with Crippen molar-refractivity contribution in [2.24, 2.45) is 0 Å². The fraction of sp³-hybridized carbons (Fsp3) is 0.125. The first-order valence-electron chi connectivity index (χ1n) is 20.7. The van der Waals surface area contributed by atoms with Gasteiger partial charge in [-0.15, -0.1) is 0 Å². The van der Waals surface area contributed by atoms with Crippen molar-refractivity contribution >= 4 is 28.1 Å². The SMILES string of the molecule is Cc1cc(C)c(C(c2ccc(N(c3nc(-c4ccccc4)nc(-c4ccccc4)n3)c3cc4ccccc4cc3-c3ccccc3)cc2)c2c(C)cc(C)cc2C)c(C)c1. The van der Waals surface area contributed by atoms with E-state index in [0.717, 1.165) is 44.4 Å². The van der Waals surface area contributed by atoms with E-state index >= 15 is 0 Å². The van der Waals surface area contributed by atoms with E-state index in [1.54, 1.807) is 0 Å². The van der Waals surface area contributed by atoms with Crippen LogP contribution < -0.4 is 4.90 Å². The maximum absolute atomic E-state index is 5.32. The van der Waals surface area contributed by atoms with Gasteiger partial charge in [-0.3, -0.25) is 4.90 Å². The van der Waals surface area contributed by atoms with E-state index < -0.39 is 0 Å². The van der Waals surface area contributed by atoms with E-state index in [-0.39, 0.29) is 5.92 Å². The van der Waals surface area contributed by atoms with Gasteiger partial charge in [0, 0.05) is 28.3 Å². The fourth-order valence-electron chi connectivity index (χ4n) is 9.11. The Morgan fingerprint density at radius 3 is 1.28 bits per heavy atom. The number of anilines is 3. The second-order valence-electron chi connectivity index (χ2n) is 16.1. The molecule has 292 valence electrons. The van der Waals surface area contributed by atoms with Gasteiger partial charge in [0.15, 0.2) is 11.6 Å². The molecule has 0 fully saturated rings. The molecule has 1 aromatic heterocycles. The van der Waals surface area contributed by atoms with E-state index in [0.29, 0.717) is 17.6 Å². The van der Waals surface area contributed by atoms with E-state index in [4.69, 9.17) is 15.0 Å². The molecular formula is C56H48N4. The fourth-order valence-corrected chi connectivity index (χ4v) is 9.11. The van der Waals surface area contributed by atoms with Gasteiger partial charge in [0.05, 0.1) is 5.69 Å². The lowest BCUT2D eigenvalue weighted by atomic mass is 9.77. The Morgan fingerprint density at radius 1 is 0.400 bits per heavy atom. The molecular weight excluding hydrogens is 729 g/mol. The van der Waals surface area contributed by atoms with Crippen molar-refractivity contribution in [1.82, 2.24) is 15.0 Å². The lowest BCUT2D eigenvalue weighted by molar-refractivity contribution is 0.919. The number of hydrogen-bond donors (Lipinski definition) is 0. The summed E-state index contributed by atoms with van der Waals surface area (Å²) >= 11 is 0. The number of nitrogens with zero attached hydrogens (tertiary/aromatic N) is 4. The number of fused-ring (bicyclic) bond motifs is 1. The number of benzene rings is 8. The Morgan fingerprint density at radius 2 is 0.817 bits per heavy atom. The van der Waals surface area contributed by atoms with Crippen molar-refractivity contribution in [1.29, 1.82) is 0 Å². The first-order chi connectivity index (χ1) is 29.2. The molecule has 0 unspecified atom stereocenters. The first kappa shape index (κ1) is 38.4. The Hall–Kier alpha value is -7.17. The van der Waals surface area contributed by atoms with Crippen LogP contribution in [0.4, 0.5) is 17.3 Å². The van der Waals surface area contributed by atoms with Gasteiger partial charge >= 0.3 is 0 Å². The highest BCUT2D eigenvalue weighted by Crippen LogP contribution is 2.45. The van der Waals surface area contributed by atoms with Crippen LogP contribution in [0.1, 0.15) is 56.0 Å². The van der Waals surface area contributed by atoms with Gasteiger partial charge in [-0.05, 0) is 121 Å². The van der Waals surface area contributed by atoms with Crippen LogP contribution in [0.25, 0.3) is 44.7 Å². The molecule has 0 aliphatic rings. The van der Waals surface area contributed by atoms with E-state index in [1.807, 2.05) is 36.4 Å². The molecule has 0 N–H and O–H groups in total. The topological polar surface area (TPSA) is 41.9 Å². The van der Waals surface area contributed by atoms with E-state index in [2.05, 4.69) is 186 Å². The predicted molar refractivity (Wildman–Crippen MR) is 251 cm³/mol. The van der Waals surface area contributed by atoms with E-state index in [9.17, 15) is 0 Å². The molecule has 0 saturated heterocycles. The van der Waals surface area contributed by atoms with Gasteiger partial charge in [0.1, 0.15) is 0 Å². The largest absolute Gasteiger partial charge is 0.278 e. The molecule has 4 nitrogen and oxygen atoms in total. The molecule has 60 heavy (non-hydrogen) atoms. The average Bonchev–Trinajstić information content (AvgIpc) is 3.26. The molecule has 0 spiro atoms. The third kappa shape index (κ3) is 7.49. The lowest BCUT2D eigenvalue weighted by Crippen LogP contribution is -2.17. The normalized spacial score (nSPS) is 11.3. The van der Waals surface area contributed by atoms with Crippen molar-refractivity contribution in [3.63, 3.8) is 0 Å². The summed E-state index contributed by atoms with van der Waals surface area (Å²) in [6.07, 6.45) is 0. The van der Waals surface area contributed by atoms with Crippen LogP contribution in [0.3, 0.4) is 0 Å². The third-order valence-electron chi connectivity index (χ3n) is 11.6. The summed E-state index contributed by atoms with van der Waals surface area (Å²) in [7, 11) is 0. The maximum atomic E-state index is 5.32. The van der Waals surface area contributed by atoms with Gasteiger partial charge < -0.3 is 0 Å². The third-order valence-corrected chi connectivity index (χ3v) is 11.6. The Labute approximate surface area is 353 Å². The highest BCUT2D eigenvalue weighted by molar-refractivity contribution is 5.97. The second kappa shape index (κ2) is 16.2. The van der Waals surface area contributed by atoms with Gasteiger partial charge in [0.25, 0.3) is 0 Å². The predicted octanol–water partition coefficient (Wildman–Crippen LogP) is 14.5. The van der Waals surface area contributed by atoms with Gasteiger partial charge in [0.2, 0.25) is 5.95 Å². The van der Waals surface area contributed by atoms with Crippen LogP contribution in [0.15, 0.2) is 176 Å². The summed E-state index contributed by atoms with van der Waals surface area (Å²) in [5.74, 6) is 1.80. The summed E-state index contributed by atoms with van der Waals surface area (Å²) in [5.41, 5.74) is 17.7. The summed E-state index contributed by atoms with van der Waals surface area (Å²) in [5, 5.41) is 2.29. The monoisotopic (exact) mass is 776 g/mol. The lowest BCUT2D eigenvalue weighted by Gasteiger charge is -2.29. The minimum absolute atomic E-state index is 0.0424. The molecule has 1 heterocycles. The Kier molecular flexibility index (Phi) is 10.4. The van der Waals surface area contributed by atoms with Crippen molar-refractivity contribution in [3.8, 4) is 33.9 Å². The van der Waals surface area contributed by atoms with Crippen molar-refractivity contribution < 1.29 is 0 Å². The zero-order valence-corrected chi connectivity index (χ0v) is 35.1. The Bertz CT molecular complexity index is 2810. The number of aryl methyl sites for hydroxylation is 6. The van der Waals surface area contributed by atoms with Gasteiger partial charge in [-0.25, -0.2) is 4.98 Å². The summed E-state index contributed by atoms with van der Waals surface area (Å²) in [6.45, 7) is 13.4. The smallest absolute Gasteiger partial charge is 0.238 e. The number of hydrogen-bond acceptors (Lipinski definition) is 4. The van der Waals surface area contributed by atoms with Crippen LogP contribution in [-0.2, 0) is 0 Å². The summed E-state index contributed by atoms with van der Waals surface area (Å²) in [4.78, 5) is 17.9. The highest BCUT2D eigenvalue weighted by Gasteiger charge is 2.27. The molecule has 0 amide bonds. The molecule has 8 aromatic carbocycles. The molecule has 9 rings (SSSR count). The molecule has 0 atom stereocenters. The zero-order valence-electron chi connectivity index (χ0n) is 35.1. The molecule has 4 heteroatoms. The van der Waals surface area contributed by atoms with Crippen LogP contribution in [0.5, 0.6) is 0 Å². The van der Waals surface area contributed by atoms with Gasteiger partial charge in [-0.2, -0.15) is 9.97 Å². The van der Waals surface area contributed by atoms with Gasteiger partial charge in [-0.1, -0.05) is 163 Å².